The molecule has 0 bridgehead atoms. The van der Waals surface area contributed by atoms with Crippen LogP contribution in [0.5, 0.6) is 0 Å². The Morgan fingerprint density at radius 3 is 2.77 bits per heavy atom. The lowest BCUT2D eigenvalue weighted by Gasteiger charge is -2.13. The van der Waals surface area contributed by atoms with E-state index in [9.17, 15) is 14.4 Å². The Bertz CT molecular complexity index is 869. The summed E-state index contributed by atoms with van der Waals surface area (Å²) in [6, 6.07) is 9.56. The third-order valence-corrected chi connectivity index (χ3v) is 4.20. The van der Waals surface area contributed by atoms with Gasteiger partial charge in [-0.3, -0.25) is 9.59 Å². The highest BCUT2D eigenvalue weighted by atomic mass is 32.1. The number of nitriles is 1. The van der Waals surface area contributed by atoms with Gasteiger partial charge in [0.25, 0.3) is 11.8 Å². The molecule has 1 atom stereocenters. The average Bonchev–Trinajstić information content (AvgIpc) is 3.06. The van der Waals surface area contributed by atoms with E-state index in [4.69, 9.17) is 10.00 Å². The first-order valence-corrected chi connectivity index (χ1v) is 8.60. The molecule has 2 aromatic rings. The number of nitrogens with zero attached hydrogens (tertiary/aromatic N) is 1. The molecule has 0 aliphatic heterocycles. The zero-order chi connectivity index (χ0) is 19.1. The Morgan fingerprint density at radius 2 is 2.08 bits per heavy atom. The number of amides is 2. The molecule has 0 fully saturated rings. The van der Waals surface area contributed by atoms with Crippen molar-refractivity contribution in [2.24, 2.45) is 0 Å². The number of thiophene rings is 1. The summed E-state index contributed by atoms with van der Waals surface area (Å²) in [5, 5.41) is 16.0. The van der Waals surface area contributed by atoms with Crippen LogP contribution in [0.25, 0.3) is 0 Å². The van der Waals surface area contributed by atoms with Gasteiger partial charge in [-0.15, -0.1) is 11.3 Å². The molecule has 2 amide bonds. The van der Waals surface area contributed by atoms with Crippen LogP contribution in [0, 0.1) is 18.3 Å². The van der Waals surface area contributed by atoms with Crippen molar-refractivity contribution in [2.75, 3.05) is 11.9 Å². The normalized spacial score (nSPS) is 11.1. The van der Waals surface area contributed by atoms with Gasteiger partial charge in [0.15, 0.2) is 6.61 Å². The van der Waals surface area contributed by atoms with Gasteiger partial charge in [-0.1, -0.05) is 17.7 Å². The first kappa shape index (κ1) is 19.1. The molecule has 26 heavy (non-hydrogen) atoms. The van der Waals surface area contributed by atoms with Crippen LogP contribution in [0.1, 0.15) is 28.4 Å². The molecular formula is C18H17N3O4S. The fourth-order valence-electron chi connectivity index (χ4n) is 2.04. The fraction of sp³-hybridized carbons (Fsp3) is 0.222. The van der Waals surface area contributed by atoms with Crippen molar-refractivity contribution < 1.29 is 19.1 Å². The first-order chi connectivity index (χ1) is 12.4. The SMILES string of the molecule is Cc1cccc(C(=O)N[C@@H](C)C(=O)OCC(=O)Nc2sccc2C#N)c1. The monoisotopic (exact) mass is 371 g/mol. The number of ether oxygens (including phenoxy) is 1. The molecular weight excluding hydrogens is 354 g/mol. The average molecular weight is 371 g/mol. The van der Waals surface area contributed by atoms with Gasteiger partial charge >= 0.3 is 5.97 Å². The molecule has 0 saturated heterocycles. The maximum absolute atomic E-state index is 12.1. The smallest absolute Gasteiger partial charge is 0.328 e. The number of esters is 1. The largest absolute Gasteiger partial charge is 0.454 e. The summed E-state index contributed by atoms with van der Waals surface area (Å²) in [6.07, 6.45) is 0. The van der Waals surface area contributed by atoms with E-state index in [0.29, 0.717) is 16.1 Å². The molecule has 0 spiro atoms. The summed E-state index contributed by atoms with van der Waals surface area (Å²) in [4.78, 5) is 35.9. The minimum Gasteiger partial charge on any atom is -0.454 e. The van der Waals surface area contributed by atoms with Gasteiger partial charge < -0.3 is 15.4 Å². The molecule has 2 rings (SSSR count). The first-order valence-electron chi connectivity index (χ1n) is 7.72. The van der Waals surface area contributed by atoms with E-state index >= 15 is 0 Å². The summed E-state index contributed by atoms with van der Waals surface area (Å²) < 4.78 is 4.90. The molecule has 7 nitrogen and oxygen atoms in total. The quantitative estimate of drug-likeness (QED) is 0.757. The van der Waals surface area contributed by atoms with Crippen LogP contribution in [0.2, 0.25) is 0 Å². The van der Waals surface area contributed by atoms with E-state index in [-0.39, 0.29) is 0 Å². The van der Waals surface area contributed by atoms with Crippen molar-refractivity contribution in [3.8, 4) is 6.07 Å². The topological polar surface area (TPSA) is 108 Å². The molecule has 0 aliphatic rings. The van der Waals surface area contributed by atoms with Crippen molar-refractivity contribution >= 4 is 34.1 Å². The van der Waals surface area contributed by atoms with Crippen LogP contribution in [0.3, 0.4) is 0 Å². The Hall–Kier alpha value is -3.18. The highest BCUT2D eigenvalue weighted by Gasteiger charge is 2.19. The fourth-order valence-corrected chi connectivity index (χ4v) is 2.80. The van der Waals surface area contributed by atoms with Gasteiger partial charge in [-0.05, 0) is 37.4 Å². The third-order valence-electron chi connectivity index (χ3n) is 3.37. The van der Waals surface area contributed by atoms with Crippen LogP contribution < -0.4 is 10.6 Å². The predicted molar refractivity (Wildman–Crippen MR) is 96.7 cm³/mol. The predicted octanol–water partition coefficient (Wildman–Crippen LogP) is 2.23. The van der Waals surface area contributed by atoms with Crippen LogP contribution in [-0.2, 0) is 14.3 Å². The van der Waals surface area contributed by atoms with Gasteiger partial charge in [0.2, 0.25) is 0 Å². The van der Waals surface area contributed by atoms with E-state index in [1.807, 2.05) is 19.1 Å². The number of aryl methyl sites for hydroxylation is 1. The Labute approximate surface area is 154 Å². The number of hydrogen-bond donors (Lipinski definition) is 2. The maximum atomic E-state index is 12.1. The number of hydrogen-bond acceptors (Lipinski definition) is 6. The van der Waals surface area contributed by atoms with Crippen molar-refractivity contribution in [3.05, 3.63) is 52.4 Å². The van der Waals surface area contributed by atoms with Crippen LogP contribution >= 0.6 is 11.3 Å². The lowest BCUT2D eigenvalue weighted by Crippen LogP contribution is -2.40. The van der Waals surface area contributed by atoms with Gasteiger partial charge in [-0.25, -0.2) is 4.79 Å². The van der Waals surface area contributed by atoms with E-state index < -0.39 is 30.4 Å². The van der Waals surface area contributed by atoms with E-state index in [1.165, 1.54) is 18.3 Å². The minimum atomic E-state index is -0.910. The van der Waals surface area contributed by atoms with Crippen molar-refractivity contribution in [1.82, 2.24) is 5.32 Å². The van der Waals surface area contributed by atoms with Crippen molar-refractivity contribution in [1.29, 1.82) is 5.26 Å². The van der Waals surface area contributed by atoms with Crippen LogP contribution in [0.4, 0.5) is 5.00 Å². The maximum Gasteiger partial charge on any atom is 0.328 e. The number of benzene rings is 1. The highest BCUT2D eigenvalue weighted by molar-refractivity contribution is 7.14. The van der Waals surface area contributed by atoms with Crippen LogP contribution in [-0.4, -0.2) is 30.4 Å². The third kappa shape index (κ3) is 5.16. The Balaban J connectivity index is 1.82. The Kier molecular flexibility index (Phi) is 6.47. The number of anilines is 1. The zero-order valence-electron chi connectivity index (χ0n) is 14.2. The number of carbonyl (C=O) groups is 3. The second kappa shape index (κ2) is 8.78. The highest BCUT2D eigenvalue weighted by Crippen LogP contribution is 2.21. The lowest BCUT2D eigenvalue weighted by atomic mass is 10.1. The van der Waals surface area contributed by atoms with Crippen LogP contribution in [0.15, 0.2) is 35.7 Å². The molecule has 0 saturated carbocycles. The lowest BCUT2D eigenvalue weighted by molar-refractivity contribution is -0.148. The molecule has 0 radical (unpaired) electrons. The zero-order valence-corrected chi connectivity index (χ0v) is 15.1. The van der Waals surface area contributed by atoms with E-state index in [1.54, 1.807) is 29.6 Å². The summed E-state index contributed by atoms with van der Waals surface area (Å²) >= 11 is 1.20. The molecule has 0 aliphatic carbocycles. The molecule has 0 unspecified atom stereocenters. The summed E-state index contributed by atoms with van der Waals surface area (Å²) in [7, 11) is 0. The second-order valence-electron chi connectivity index (χ2n) is 5.50. The minimum absolute atomic E-state index is 0.341. The number of nitrogens with one attached hydrogen (secondary N) is 2. The number of rotatable bonds is 6. The van der Waals surface area contributed by atoms with Gasteiger partial charge in [0.1, 0.15) is 17.1 Å². The van der Waals surface area contributed by atoms with Gasteiger partial charge in [-0.2, -0.15) is 5.26 Å². The Morgan fingerprint density at radius 1 is 1.31 bits per heavy atom. The molecule has 2 N–H and O–H groups in total. The summed E-state index contributed by atoms with van der Waals surface area (Å²) in [5.74, 6) is -1.69. The van der Waals surface area contributed by atoms with Crippen molar-refractivity contribution in [3.63, 3.8) is 0 Å². The van der Waals surface area contributed by atoms with Gasteiger partial charge in [0, 0.05) is 5.56 Å². The van der Waals surface area contributed by atoms with E-state index in [0.717, 1.165) is 5.56 Å². The summed E-state index contributed by atoms with van der Waals surface area (Å²) in [6.45, 7) is 2.83. The number of carbonyl (C=O) groups excluding carboxylic acids is 3. The van der Waals surface area contributed by atoms with E-state index in [2.05, 4.69) is 10.6 Å². The molecule has 1 aromatic heterocycles. The standard InChI is InChI=1S/C18H17N3O4S/c1-11-4-3-5-13(8-11)16(23)20-12(2)18(24)25-10-15(22)21-17-14(9-19)6-7-26-17/h3-8,12H,10H2,1-2H3,(H,20,23)(H,21,22)/t12-/m0/s1. The molecule has 8 heteroatoms. The summed E-state index contributed by atoms with van der Waals surface area (Å²) in [5.41, 5.74) is 1.70. The molecule has 1 aromatic carbocycles. The molecule has 134 valence electrons. The molecule has 1 heterocycles. The van der Waals surface area contributed by atoms with Crippen molar-refractivity contribution in [2.45, 2.75) is 19.9 Å². The second-order valence-corrected chi connectivity index (χ2v) is 6.41. The van der Waals surface area contributed by atoms with Gasteiger partial charge in [0.05, 0.1) is 5.56 Å².